The Hall–Kier alpha value is -2.38. The highest BCUT2D eigenvalue weighted by Gasteiger charge is 2.29. The van der Waals surface area contributed by atoms with Crippen LogP contribution >= 0.6 is 0 Å². The lowest BCUT2D eigenvalue weighted by molar-refractivity contribution is 0.0746. The quantitative estimate of drug-likeness (QED) is 0.754. The zero-order valence-corrected chi connectivity index (χ0v) is 17.2. The predicted octanol–water partition coefficient (Wildman–Crippen LogP) is 3.15. The first-order chi connectivity index (χ1) is 14.1. The van der Waals surface area contributed by atoms with Crippen LogP contribution in [0.25, 0.3) is 0 Å². The first kappa shape index (κ1) is 19.9. The van der Waals surface area contributed by atoms with Crippen molar-refractivity contribution in [3.63, 3.8) is 0 Å². The maximum atomic E-state index is 13.2. The standard InChI is InChI=1S/C22H26N2O4S/c25-22(20-12-4-5-13-21(20)28-18-8-6-9-18)23-14-7-15-24(17-16-23)29(26,27)19-10-2-1-3-11-19/h1-5,10-13,18H,6-9,14-17H2. The molecule has 1 aliphatic carbocycles. The third-order valence-corrected chi connectivity index (χ3v) is 7.50. The van der Waals surface area contributed by atoms with Crippen molar-refractivity contribution in [2.45, 2.75) is 36.7 Å². The van der Waals surface area contributed by atoms with Gasteiger partial charge in [-0.15, -0.1) is 0 Å². The van der Waals surface area contributed by atoms with Gasteiger partial charge in [-0.25, -0.2) is 8.42 Å². The number of sulfonamides is 1. The van der Waals surface area contributed by atoms with Crippen LogP contribution in [0.3, 0.4) is 0 Å². The van der Waals surface area contributed by atoms with Crippen LogP contribution in [0.5, 0.6) is 5.75 Å². The van der Waals surface area contributed by atoms with Crippen LogP contribution in [0.4, 0.5) is 0 Å². The third kappa shape index (κ3) is 4.31. The molecule has 1 saturated carbocycles. The van der Waals surface area contributed by atoms with E-state index < -0.39 is 10.0 Å². The zero-order chi connectivity index (χ0) is 20.3. The van der Waals surface area contributed by atoms with E-state index in [1.54, 1.807) is 41.3 Å². The summed E-state index contributed by atoms with van der Waals surface area (Å²) in [6.45, 7) is 1.58. The Kier molecular flexibility index (Phi) is 5.87. The van der Waals surface area contributed by atoms with E-state index in [1.807, 2.05) is 18.2 Å². The smallest absolute Gasteiger partial charge is 0.257 e. The molecule has 1 amide bonds. The maximum absolute atomic E-state index is 13.2. The summed E-state index contributed by atoms with van der Waals surface area (Å²) >= 11 is 0. The van der Waals surface area contributed by atoms with E-state index >= 15 is 0 Å². The minimum atomic E-state index is -3.55. The van der Waals surface area contributed by atoms with Gasteiger partial charge >= 0.3 is 0 Å². The summed E-state index contributed by atoms with van der Waals surface area (Å²) in [7, 11) is -3.55. The highest BCUT2D eigenvalue weighted by molar-refractivity contribution is 7.89. The van der Waals surface area contributed by atoms with Gasteiger partial charge in [0.15, 0.2) is 0 Å². The number of para-hydroxylation sites is 1. The molecule has 29 heavy (non-hydrogen) atoms. The lowest BCUT2D eigenvalue weighted by atomic mass is 9.96. The molecule has 154 valence electrons. The number of ether oxygens (including phenoxy) is 1. The van der Waals surface area contributed by atoms with Crippen molar-refractivity contribution in [3.8, 4) is 5.75 Å². The fourth-order valence-electron chi connectivity index (χ4n) is 3.66. The molecule has 0 spiro atoms. The summed E-state index contributed by atoms with van der Waals surface area (Å²) in [6, 6.07) is 15.8. The first-order valence-electron chi connectivity index (χ1n) is 10.2. The normalized spacial score (nSPS) is 18.7. The van der Waals surface area contributed by atoms with E-state index in [2.05, 4.69) is 0 Å². The van der Waals surface area contributed by atoms with Gasteiger partial charge in [-0.3, -0.25) is 4.79 Å². The second-order valence-electron chi connectivity index (χ2n) is 7.53. The van der Waals surface area contributed by atoms with Gasteiger partial charge in [0.05, 0.1) is 16.6 Å². The van der Waals surface area contributed by atoms with Crippen LogP contribution in [0.2, 0.25) is 0 Å². The van der Waals surface area contributed by atoms with E-state index in [0.717, 1.165) is 12.8 Å². The second kappa shape index (κ2) is 8.55. The van der Waals surface area contributed by atoms with E-state index in [1.165, 1.54) is 10.7 Å². The number of benzene rings is 2. The Balaban J connectivity index is 1.47. The number of hydrogen-bond donors (Lipinski definition) is 0. The summed E-state index contributed by atoms with van der Waals surface area (Å²) < 4.78 is 33.3. The van der Waals surface area contributed by atoms with E-state index in [-0.39, 0.29) is 18.6 Å². The number of hydrogen-bond acceptors (Lipinski definition) is 4. The van der Waals surface area contributed by atoms with Crippen LogP contribution < -0.4 is 4.74 Å². The molecule has 0 radical (unpaired) electrons. The number of carbonyl (C=O) groups is 1. The van der Waals surface area contributed by atoms with E-state index in [9.17, 15) is 13.2 Å². The maximum Gasteiger partial charge on any atom is 0.257 e. The molecule has 2 aliphatic rings. The highest BCUT2D eigenvalue weighted by atomic mass is 32.2. The average Bonchev–Trinajstić information content (AvgIpc) is 2.98. The molecule has 0 N–H and O–H groups in total. The first-order valence-corrected chi connectivity index (χ1v) is 11.6. The van der Waals surface area contributed by atoms with E-state index in [4.69, 9.17) is 4.74 Å². The van der Waals surface area contributed by atoms with Gasteiger partial charge in [0.1, 0.15) is 5.75 Å². The van der Waals surface area contributed by atoms with Crippen molar-refractivity contribution < 1.29 is 17.9 Å². The third-order valence-electron chi connectivity index (χ3n) is 5.59. The molecule has 4 rings (SSSR count). The molecule has 1 saturated heterocycles. The van der Waals surface area contributed by atoms with Crippen molar-refractivity contribution in [1.82, 2.24) is 9.21 Å². The van der Waals surface area contributed by atoms with E-state index in [0.29, 0.717) is 42.3 Å². The average molecular weight is 415 g/mol. The molecule has 0 aromatic heterocycles. The van der Waals surface area contributed by atoms with Crippen molar-refractivity contribution in [1.29, 1.82) is 0 Å². The molecule has 6 nitrogen and oxygen atoms in total. The van der Waals surface area contributed by atoms with Crippen LogP contribution in [-0.4, -0.2) is 55.8 Å². The Morgan fingerprint density at radius 2 is 1.59 bits per heavy atom. The molecular weight excluding hydrogens is 388 g/mol. The molecule has 0 bridgehead atoms. The Morgan fingerprint density at radius 1 is 0.862 bits per heavy atom. The van der Waals surface area contributed by atoms with Gasteiger partial charge in [-0.05, 0) is 49.9 Å². The van der Waals surface area contributed by atoms with Crippen molar-refractivity contribution >= 4 is 15.9 Å². The van der Waals surface area contributed by atoms with Gasteiger partial charge < -0.3 is 9.64 Å². The topological polar surface area (TPSA) is 66.9 Å². The molecule has 0 unspecified atom stereocenters. The lowest BCUT2D eigenvalue weighted by Gasteiger charge is -2.28. The molecule has 0 atom stereocenters. The Labute approximate surface area is 172 Å². The number of nitrogens with zero attached hydrogens (tertiary/aromatic N) is 2. The predicted molar refractivity (Wildman–Crippen MR) is 110 cm³/mol. The summed E-state index contributed by atoms with van der Waals surface area (Å²) in [6.07, 6.45) is 4.01. The van der Waals surface area contributed by atoms with Crippen LogP contribution in [-0.2, 0) is 10.0 Å². The van der Waals surface area contributed by atoms with Crippen molar-refractivity contribution in [3.05, 3.63) is 60.2 Å². The molecule has 1 aliphatic heterocycles. The fourth-order valence-corrected chi connectivity index (χ4v) is 5.15. The molecule has 2 aromatic rings. The highest BCUT2D eigenvalue weighted by Crippen LogP contribution is 2.28. The molecule has 7 heteroatoms. The Bertz CT molecular complexity index is 958. The molecule has 2 aromatic carbocycles. The summed E-state index contributed by atoms with van der Waals surface area (Å²) in [5.74, 6) is 0.527. The van der Waals surface area contributed by atoms with Crippen molar-refractivity contribution in [2.24, 2.45) is 0 Å². The monoisotopic (exact) mass is 414 g/mol. The Morgan fingerprint density at radius 3 is 2.31 bits per heavy atom. The van der Waals surface area contributed by atoms with Gasteiger partial charge in [0.25, 0.3) is 5.91 Å². The molecule has 1 heterocycles. The summed E-state index contributed by atoms with van der Waals surface area (Å²) in [5.41, 5.74) is 0.554. The lowest BCUT2D eigenvalue weighted by Crippen LogP contribution is -2.37. The summed E-state index contributed by atoms with van der Waals surface area (Å²) in [5, 5.41) is 0. The molecular formula is C22H26N2O4S. The van der Waals surface area contributed by atoms with Crippen LogP contribution in [0, 0.1) is 0 Å². The fraction of sp³-hybridized carbons (Fsp3) is 0.409. The summed E-state index contributed by atoms with van der Waals surface area (Å²) in [4.78, 5) is 15.2. The van der Waals surface area contributed by atoms with Crippen molar-refractivity contribution in [2.75, 3.05) is 26.2 Å². The van der Waals surface area contributed by atoms with Gasteiger partial charge in [-0.1, -0.05) is 30.3 Å². The SMILES string of the molecule is O=C(c1ccccc1OC1CCC1)N1CCCN(S(=O)(=O)c2ccccc2)CC1. The van der Waals surface area contributed by atoms with Crippen LogP contribution in [0.1, 0.15) is 36.0 Å². The van der Waals surface area contributed by atoms with Crippen LogP contribution in [0.15, 0.2) is 59.5 Å². The van der Waals surface area contributed by atoms with Gasteiger partial charge in [0, 0.05) is 26.2 Å². The minimum absolute atomic E-state index is 0.0983. The van der Waals surface area contributed by atoms with Gasteiger partial charge in [-0.2, -0.15) is 4.31 Å². The zero-order valence-electron chi connectivity index (χ0n) is 16.4. The van der Waals surface area contributed by atoms with Gasteiger partial charge in [0.2, 0.25) is 10.0 Å². The minimum Gasteiger partial charge on any atom is -0.490 e. The molecule has 2 fully saturated rings. The second-order valence-corrected chi connectivity index (χ2v) is 9.47. The number of amides is 1. The number of rotatable bonds is 5. The largest absolute Gasteiger partial charge is 0.490 e. The number of carbonyl (C=O) groups excluding carboxylic acids is 1.